The number of rotatable bonds is 11. The van der Waals surface area contributed by atoms with Crippen LogP contribution in [0.15, 0.2) is 55.1 Å². The highest BCUT2D eigenvalue weighted by atomic mass is 16.5. The number of amides is 2. The van der Waals surface area contributed by atoms with Gasteiger partial charge < -0.3 is 24.0 Å². The standard InChI is InChI=1S/C27H34N2O5/c1-4-15-29(19-21-9-12-23(32-3)13-10-21)27(31)22-11-14-24(25(18-22)33-5-2)34-20-26(30)28-16-7-6-8-17-28/h4,9-14,18H,1,5-8,15-17,19-20H2,2-3H3. The van der Waals surface area contributed by atoms with Crippen molar-refractivity contribution in [1.82, 2.24) is 9.80 Å². The van der Waals surface area contributed by atoms with E-state index >= 15 is 0 Å². The molecule has 7 nitrogen and oxygen atoms in total. The second-order valence-corrected chi connectivity index (χ2v) is 8.15. The summed E-state index contributed by atoms with van der Waals surface area (Å²) in [5.74, 6) is 1.49. The minimum absolute atomic E-state index is 0.0287. The number of methoxy groups -OCH3 is 1. The van der Waals surface area contributed by atoms with Crippen LogP contribution in [0.3, 0.4) is 0 Å². The fraction of sp³-hybridized carbons (Fsp3) is 0.407. The van der Waals surface area contributed by atoms with Crippen LogP contribution in [-0.4, -0.2) is 61.6 Å². The largest absolute Gasteiger partial charge is 0.497 e. The Balaban J connectivity index is 1.72. The number of nitrogens with zero attached hydrogens (tertiary/aromatic N) is 2. The topological polar surface area (TPSA) is 68.3 Å². The molecular weight excluding hydrogens is 432 g/mol. The van der Waals surface area contributed by atoms with E-state index in [1.165, 1.54) is 0 Å². The lowest BCUT2D eigenvalue weighted by molar-refractivity contribution is -0.134. The van der Waals surface area contributed by atoms with Crippen molar-refractivity contribution >= 4 is 11.8 Å². The van der Waals surface area contributed by atoms with Gasteiger partial charge >= 0.3 is 0 Å². The van der Waals surface area contributed by atoms with Crippen LogP contribution >= 0.6 is 0 Å². The Kier molecular flexibility index (Phi) is 9.38. The number of benzene rings is 2. The van der Waals surface area contributed by atoms with Crippen LogP contribution in [0.2, 0.25) is 0 Å². The third kappa shape index (κ3) is 6.76. The van der Waals surface area contributed by atoms with Crippen molar-refractivity contribution in [3.05, 3.63) is 66.2 Å². The summed E-state index contributed by atoms with van der Waals surface area (Å²) in [7, 11) is 1.62. The van der Waals surface area contributed by atoms with Gasteiger partial charge in [-0.3, -0.25) is 9.59 Å². The fourth-order valence-electron chi connectivity index (χ4n) is 3.91. The lowest BCUT2D eigenvalue weighted by Gasteiger charge is -2.26. The minimum atomic E-state index is -0.146. The summed E-state index contributed by atoms with van der Waals surface area (Å²) >= 11 is 0. The highest BCUT2D eigenvalue weighted by Gasteiger charge is 2.20. The molecule has 0 spiro atoms. The maximum absolute atomic E-state index is 13.3. The smallest absolute Gasteiger partial charge is 0.260 e. The lowest BCUT2D eigenvalue weighted by atomic mass is 10.1. The van der Waals surface area contributed by atoms with E-state index in [0.29, 0.717) is 36.8 Å². The van der Waals surface area contributed by atoms with Crippen LogP contribution in [0.25, 0.3) is 0 Å². The average molecular weight is 467 g/mol. The summed E-state index contributed by atoms with van der Waals surface area (Å²) in [4.78, 5) is 29.3. The summed E-state index contributed by atoms with van der Waals surface area (Å²) in [6.07, 6.45) is 4.93. The van der Waals surface area contributed by atoms with Crippen LogP contribution < -0.4 is 14.2 Å². The Morgan fingerprint density at radius 3 is 2.41 bits per heavy atom. The van der Waals surface area contributed by atoms with Gasteiger partial charge in [-0.25, -0.2) is 0 Å². The Morgan fingerprint density at radius 2 is 1.76 bits per heavy atom. The van der Waals surface area contributed by atoms with Crippen LogP contribution in [0.5, 0.6) is 17.2 Å². The van der Waals surface area contributed by atoms with Crippen molar-refractivity contribution in [2.75, 3.05) is 40.0 Å². The Labute approximate surface area is 201 Å². The predicted molar refractivity (Wildman–Crippen MR) is 131 cm³/mol. The first kappa shape index (κ1) is 25.1. The first-order valence-corrected chi connectivity index (χ1v) is 11.8. The van der Waals surface area contributed by atoms with Gasteiger partial charge in [0.1, 0.15) is 5.75 Å². The van der Waals surface area contributed by atoms with Gasteiger partial charge in [-0.05, 0) is 62.1 Å². The maximum Gasteiger partial charge on any atom is 0.260 e. The summed E-state index contributed by atoms with van der Waals surface area (Å²) in [6, 6.07) is 12.7. The summed E-state index contributed by atoms with van der Waals surface area (Å²) in [5.41, 5.74) is 1.46. The van der Waals surface area contributed by atoms with E-state index in [1.807, 2.05) is 36.1 Å². The molecular formula is C27H34N2O5. The second-order valence-electron chi connectivity index (χ2n) is 8.15. The van der Waals surface area contributed by atoms with Gasteiger partial charge in [-0.15, -0.1) is 6.58 Å². The normalized spacial score (nSPS) is 13.2. The van der Waals surface area contributed by atoms with Crippen molar-refractivity contribution in [2.45, 2.75) is 32.7 Å². The molecule has 0 aromatic heterocycles. The van der Waals surface area contributed by atoms with Gasteiger partial charge in [-0.1, -0.05) is 18.2 Å². The van der Waals surface area contributed by atoms with Crippen LogP contribution in [-0.2, 0) is 11.3 Å². The van der Waals surface area contributed by atoms with Gasteiger partial charge in [-0.2, -0.15) is 0 Å². The lowest BCUT2D eigenvalue weighted by Crippen LogP contribution is -2.38. The van der Waals surface area contributed by atoms with E-state index in [-0.39, 0.29) is 18.4 Å². The van der Waals surface area contributed by atoms with Gasteiger partial charge in [0, 0.05) is 31.7 Å². The molecule has 0 N–H and O–H groups in total. The van der Waals surface area contributed by atoms with E-state index in [9.17, 15) is 9.59 Å². The monoisotopic (exact) mass is 466 g/mol. The maximum atomic E-state index is 13.3. The van der Waals surface area contributed by atoms with Crippen molar-refractivity contribution in [3.63, 3.8) is 0 Å². The molecule has 2 aromatic rings. The molecule has 0 aliphatic carbocycles. The van der Waals surface area contributed by atoms with Crippen LogP contribution in [0, 0.1) is 0 Å². The predicted octanol–water partition coefficient (Wildman–Crippen LogP) is 4.31. The molecule has 0 atom stereocenters. The van der Waals surface area contributed by atoms with Crippen molar-refractivity contribution in [2.24, 2.45) is 0 Å². The van der Waals surface area contributed by atoms with Gasteiger partial charge in [0.05, 0.1) is 13.7 Å². The molecule has 1 fully saturated rings. The molecule has 34 heavy (non-hydrogen) atoms. The first-order valence-electron chi connectivity index (χ1n) is 11.8. The van der Waals surface area contributed by atoms with Crippen molar-refractivity contribution in [1.29, 1.82) is 0 Å². The molecule has 0 radical (unpaired) electrons. The third-order valence-electron chi connectivity index (χ3n) is 5.72. The second kappa shape index (κ2) is 12.7. The summed E-state index contributed by atoms with van der Waals surface area (Å²) in [6.45, 7) is 8.41. The zero-order valence-corrected chi connectivity index (χ0v) is 20.1. The average Bonchev–Trinajstić information content (AvgIpc) is 2.88. The molecule has 0 unspecified atom stereocenters. The third-order valence-corrected chi connectivity index (χ3v) is 5.72. The molecule has 2 amide bonds. The highest BCUT2D eigenvalue weighted by molar-refractivity contribution is 5.95. The van der Waals surface area contributed by atoms with Gasteiger partial charge in [0.25, 0.3) is 11.8 Å². The highest BCUT2D eigenvalue weighted by Crippen LogP contribution is 2.29. The summed E-state index contributed by atoms with van der Waals surface area (Å²) in [5, 5.41) is 0. The van der Waals surface area contributed by atoms with Crippen LogP contribution in [0.4, 0.5) is 0 Å². The molecule has 1 saturated heterocycles. The molecule has 0 bridgehead atoms. The number of hydrogen-bond acceptors (Lipinski definition) is 5. The Bertz CT molecular complexity index is 967. The van der Waals surface area contributed by atoms with Gasteiger partial charge in [0.2, 0.25) is 0 Å². The van der Waals surface area contributed by atoms with E-state index in [1.54, 1.807) is 36.3 Å². The number of piperidine rings is 1. The number of likely N-dealkylation sites (tertiary alicyclic amines) is 1. The molecule has 0 saturated carbocycles. The van der Waals surface area contributed by atoms with Crippen molar-refractivity contribution in [3.8, 4) is 17.2 Å². The van der Waals surface area contributed by atoms with Gasteiger partial charge in [0.15, 0.2) is 18.1 Å². The first-order chi connectivity index (χ1) is 16.5. The molecule has 182 valence electrons. The number of carbonyl (C=O) groups is 2. The molecule has 7 heteroatoms. The fourth-order valence-corrected chi connectivity index (χ4v) is 3.91. The zero-order chi connectivity index (χ0) is 24.3. The number of carbonyl (C=O) groups excluding carboxylic acids is 2. The van der Waals surface area contributed by atoms with E-state index < -0.39 is 0 Å². The van der Waals surface area contributed by atoms with E-state index in [2.05, 4.69) is 6.58 Å². The Hall–Kier alpha value is -3.48. The minimum Gasteiger partial charge on any atom is -0.497 e. The molecule has 2 aromatic carbocycles. The molecule has 1 aliphatic rings. The van der Waals surface area contributed by atoms with E-state index in [4.69, 9.17) is 14.2 Å². The zero-order valence-electron chi connectivity index (χ0n) is 20.1. The molecule has 1 aliphatic heterocycles. The quantitative estimate of drug-likeness (QED) is 0.462. The van der Waals surface area contributed by atoms with Crippen molar-refractivity contribution < 1.29 is 23.8 Å². The van der Waals surface area contributed by atoms with E-state index in [0.717, 1.165) is 43.7 Å². The molecule has 1 heterocycles. The Morgan fingerprint density at radius 1 is 1.03 bits per heavy atom. The SMILES string of the molecule is C=CCN(Cc1ccc(OC)cc1)C(=O)c1ccc(OCC(=O)N2CCCCC2)c(OCC)c1. The number of hydrogen-bond donors (Lipinski definition) is 0. The van der Waals surface area contributed by atoms with Crippen LogP contribution in [0.1, 0.15) is 42.1 Å². The molecule has 3 rings (SSSR count). The number of ether oxygens (including phenoxy) is 3. The summed E-state index contributed by atoms with van der Waals surface area (Å²) < 4.78 is 16.7.